The molecule has 5 nitrogen and oxygen atoms in total. The summed E-state index contributed by atoms with van der Waals surface area (Å²) in [5.74, 6) is 0.895. The topological polar surface area (TPSA) is 66.0 Å². The lowest BCUT2D eigenvalue weighted by Gasteiger charge is -2.09. The van der Waals surface area contributed by atoms with Crippen LogP contribution < -0.4 is 10.5 Å². The van der Waals surface area contributed by atoms with Crippen LogP contribution in [0.3, 0.4) is 0 Å². The SMILES string of the molecule is CCCCOc1ccc(-n2nnc(CN)c2CCCC)cc1. The molecular weight excluding hydrogens is 276 g/mol. The molecule has 1 aromatic carbocycles. The fourth-order valence-corrected chi connectivity index (χ4v) is 2.31. The van der Waals surface area contributed by atoms with Gasteiger partial charge in [0.1, 0.15) is 5.75 Å². The van der Waals surface area contributed by atoms with E-state index in [9.17, 15) is 0 Å². The summed E-state index contributed by atoms with van der Waals surface area (Å²) in [6.07, 6.45) is 5.41. The standard InChI is InChI=1S/C17H26N4O/c1-3-5-7-17-16(13-18)19-20-21(17)14-8-10-15(11-9-14)22-12-6-4-2/h8-11H,3-7,12-13,18H2,1-2H3. The Bertz CT molecular complexity index is 563. The van der Waals surface area contributed by atoms with Crippen molar-refractivity contribution in [3.63, 3.8) is 0 Å². The predicted octanol–water partition coefficient (Wildman–Crippen LogP) is 3.25. The number of rotatable bonds is 9. The quantitative estimate of drug-likeness (QED) is 0.722. The summed E-state index contributed by atoms with van der Waals surface area (Å²) in [5.41, 5.74) is 8.77. The third-order valence-corrected chi connectivity index (χ3v) is 3.65. The minimum atomic E-state index is 0.428. The van der Waals surface area contributed by atoms with E-state index in [0.29, 0.717) is 6.54 Å². The maximum atomic E-state index is 5.77. The number of nitrogens with zero attached hydrogens (tertiary/aromatic N) is 3. The van der Waals surface area contributed by atoms with Crippen molar-refractivity contribution in [1.29, 1.82) is 0 Å². The van der Waals surface area contributed by atoms with E-state index in [0.717, 1.165) is 61.5 Å². The van der Waals surface area contributed by atoms with Crippen LogP contribution in [0.5, 0.6) is 5.75 Å². The first-order chi connectivity index (χ1) is 10.8. The van der Waals surface area contributed by atoms with Crippen LogP contribution in [-0.2, 0) is 13.0 Å². The fourth-order valence-electron chi connectivity index (χ4n) is 2.31. The average Bonchev–Trinajstić information content (AvgIpc) is 2.96. The van der Waals surface area contributed by atoms with Crippen LogP contribution in [0, 0.1) is 0 Å². The van der Waals surface area contributed by atoms with E-state index in [2.05, 4.69) is 24.2 Å². The number of benzene rings is 1. The molecule has 120 valence electrons. The molecule has 0 atom stereocenters. The van der Waals surface area contributed by atoms with Gasteiger partial charge >= 0.3 is 0 Å². The Morgan fingerprint density at radius 2 is 1.82 bits per heavy atom. The molecule has 0 aliphatic heterocycles. The zero-order chi connectivity index (χ0) is 15.8. The maximum Gasteiger partial charge on any atom is 0.119 e. The Morgan fingerprint density at radius 1 is 1.09 bits per heavy atom. The molecule has 2 N–H and O–H groups in total. The Morgan fingerprint density at radius 3 is 2.45 bits per heavy atom. The third-order valence-electron chi connectivity index (χ3n) is 3.65. The Hall–Kier alpha value is -1.88. The fraction of sp³-hybridized carbons (Fsp3) is 0.529. The summed E-state index contributed by atoms with van der Waals surface area (Å²) < 4.78 is 7.59. The number of aromatic nitrogens is 3. The van der Waals surface area contributed by atoms with Gasteiger partial charge in [-0.2, -0.15) is 0 Å². The van der Waals surface area contributed by atoms with E-state index in [1.807, 2.05) is 28.9 Å². The largest absolute Gasteiger partial charge is 0.494 e. The lowest BCUT2D eigenvalue weighted by molar-refractivity contribution is 0.309. The van der Waals surface area contributed by atoms with Gasteiger partial charge in [-0.05, 0) is 43.5 Å². The molecule has 0 spiro atoms. The van der Waals surface area contributed by atoms with Gasteiger partial charge in [0.25, 0.3) is 0 Å². The average molecular weight is 302 g/mol. The lowest BCUT2D eigenvalue weighted by atomic mass is 10.1. The summed E-state index contributed by atoms with van der Waals surface area (Å²) in [4.78, 5) is 0. The number of hydrogen-bond acceptors (Lipinski definition) is 4. The highest BCUT2D eigenvalue weighted by Crippen LogP contribution is 2.19. The highest BCUT2D eigenvalue weighted by molar-refractivity contribution is 5.38. The van der Waals surface area contributed by atoms with Gasteiger partial charge in [0.05, 0.1) is 23.7 Å². The molecule has 2 aromatic rings. The van der Waals surface area contributed by atoms with Gasteiger partial charge in [-0.3, -0.25) is 0 Å². The molecule has 0 aliphatic rings. The molecule has 0 aliphatic carbocycles. The van der Waals surface area contributed by atoms with Crippen molar-refractivity contribution in [2.75, 3.05) is 6.61 Å². The summed E-state index contributed by atoms with van der Waals surface area (Å²) in [6, 6.07) is 8.01. The summed E-state index contributed by atoms with van der Waals surface area (Å²) in [6.45, 7) is 5.53. The highest BCUT2D eigenvalue weighted by atomic mass is 16.5. The molecule has 2 rings (SSSR count). The molecule has 5 heteroatoms. The van der Waals surface area contributed by atoms with Crippen molar-refractivity contribution >= 4 is 0 Å². The molecule has 1 heterocycles. The zero-order valence-electron chi connectivity index (χ0n) is 13.6. The predicted molar refractivity (Wildman–Crippen MR) is 88.3 cm³/mol. The maximum absolute atomic E-state index is 5.77. The Kier molecular flexibility index (Phi) is 6.40. The molecule has 0 unspecified atom stereocenters. The second-order valence-electron chi connectivity index (χ2n) is 5.40. The third kappa shape index (κ3) is 4.07. The molecule has 0 amide bonds. The normalized spacial score (nSPS) is 10.9. The van der Waals surface area contributed by atoms with Gasteiger partial charge in [-0.1, -0.05) is 31.9 Å². The number of nitrogens with two attached hydrogens (primary N) is 1. The lowest BCUT2D eigenvalue weighted by Crippen LogP contribution is -2.06. The van der Waals surface area contributed by atoms with E-state index >= 15 is 0 Å². The minimum absolute atomic E-state index is 0.428. The van der Waals surface area contributed by atoms with Crippen LogP contribution in [0.4, 0.5) is 0 Å². The van der Waals surface area contributed by atoms with Crippen LogP contribution in [0.1, 0.15) is 50.9 Å². The molecule has 22 heavy (non-hydrogen) atoms. The van der Waals surface area contributed by atoms with Crippen LogP contribution >= 0.6 is 0 Å². The van der Waals surface area contributed by atoms with Gasteiger partial charge in [-0.15, -0.1) is 5.10 Å². The van der Waals surface area contributed by atoms with E-state index in [-0.39, 0.29) is 0 Å². The summed E-state index contributed by atoms with van der Waals surface area (Å²) in [7, 11) is 0. The van der Waals surface area contributed by atoms with E-state index in [1.165, 1.54) is 0 Å². The Balaban J connectivity index is 2.15. The first-order valence-electron chi connectivity index (χ1n) is 8.16. The van der Waals surface area contributed by atoms with Crippen LogP contribution in [0.15, 0.2) is 24.3 Å². The molecule has 0 saturated carbocycles. The molecule has 0 radical (unpaired) electrons. The van der Waals surface area contributed by atoms with Crippen molar-refractivity contribution < 1.29 is 4.74 Å². The first-order valence-corrected chi connectivity index (χ1v) is 8.16. The Labute approximate surface area is 132 Å². The monoisotopic (exact) mass is 302 g/mol. The second-order valence-corrected chi connectivity index (χ2v) is 5.40. The minimum Gasteiger partial charge on any atom is -0.494 e. The number of hydrogen-bond donors (Lipinski definition) is 1. The van der Waals surface area contributed by atoms with E-state index in [4.69, 9.17) is 10.5 Å². The van der Waals surface area contributed by atoms with Crippen molar-refractivity contribution in [3.8, 4) is 11.4 Å². The van der Waals surface area contributed by atoms with Gasteiger partial charge in [-0.25, -0.2) is 4.68 Å². The smallest absolute Gasteiger partial charge is 0.119 e. The van der Waals surface area contributed by atoms with Crippen molar-refractivity contribution in [1.82, 2.24) is 15.0 Å². The molecule has 0 saturated heterocycles. The highest BCUT2D eigenvalue weighted by Gasteiger charge is 2.12. The molecule has 0 bridgehead atoms. The van der Waals surface area contributed by atoms with Gasteiger partial charge in [0.15, 0.2) is 0 Å². The van der Waals surface area contributed by atoms with Gasteiger partial charge in [0.2, 0.25) is 0 Å². The van der Waals surface area contributed by atoms with Crippen molar-refractivity contribution in [2.24, 2.45) is 5.73 Å². The first kappa shape index (κ1) is 16.5. The number of unbranched alkanes of at least 4 members (excludes halogenated alkanes) is 2. The summed E-state index contributed by atoms with van der Waals surface area (Å²) in [5, 5.41) is 8.46. The molecule has 0 fully saturated rings. The molecular formula is C17H26N4O. The van der Waals surface area contributed by atoms with E-state index in [1.54, 1.807) is 0 Å². The molecule has 1 aromatic heterocycles. The van der Waals surface area contributed by atoms with Crippen LogP contribution in [0.25, 0.3) is 5.69 Å². The second kappa shape index (κ2) is 8.54. The van der Waals surface area contributed by atoms with Crippen LogP contribution in [-0.4, -0.2) is 21.6 Å². The van der Waals surface area contributed by atoms with Crippen molar-refractivity contribution in [3.05, 3.63) is 35.7 Å². The number of ether oxygens (including phenoxy) is 1. The van der Waals surface area contributed by atoms with Gasteiger partial charge in [0, 0.05) is 6.54 Å². The zero-order valence-corrected chi connectivity index (χ0v) is 13.6. The van der Waals surface area contributed by atoms with Crippen LogP contribution in [0.2, 0.25) is 0 Å². The van der Waals surface area contributed by atoms with Gasteiger partial charge < -0.3 is 10.5 Å². The van der Waals surface area contributed by atoms with E-state index < -0.39 is 0 Å². The van der Waals surface area contributed by atoms with Crippen molar-refractivity contribution in [2.45, 2.75) is 52.5 Å². The summed E-state index contributed by atoms with van der Waals surface area (Å²) >= 11 is 0.